The molecule has 1 amide bonds. The molecule has 0 aliphatic rings. The molecule has 8 heteroatoms. The predicted molar refractivity (Wildman–Crippen MR) is 125 cm³/mol. The van der Waals surface area contributed by atoms with Crippen molar-refractivity contribution >= 4 is 65.8 Å². The summed E-state index contributed by atoms with van der Waals surface area (Å²) in [4.78, 5) is 25.4. The summed E-state index contributed by atoms with van der Waals surface area (Å²) in [6.07, 6.45) is 1.37. The second-order valence-electron chi connectivity index (χ2n) is 6.57. The first kappa shape index (κ1) is 20.3. The van der Waals surface area contributed by atoms with Crippen molar-refractivity contribution in [2.45, 2.75) is 6.54 Å². The van der Waals surface area contributed by atoms with E-state index in [2.05, 4.69) is 42.4 Å². The molecular weight excluding hydrogens is 514 g/mol. The Bertz CT molecular complexity index is 1320. The monoisotopic (exact) mass is 527 g/mol. The van der Waals surface area contributed by atoms with Gasteiger partial charge in [-0.2, -0.15) is 5.10 Å². The molecule has 0 saturated carbocycles. The number of pyridine rings is 1. The number of hydrazone groups is 1. The number of nitrogens with zero attached hydrogens (tertiary/aromatic N) is 2. The van der Waals surface area contributed by atoms with E-state index >= 15 is 0 Å². The van der Waals surface area contributed by atoms with E-state index in [1.165, 1.54) is 6.21 Å². The molecule has 0 radical (unpaired) electrons. The summed E-state index contributed by atoms with van der Waals surface area (Å²) in [5.41, 5.74) is 4.21. The molecule has 4 aromatic rings. The molecule has 1 heterocycles. The standard InChI is InChI=1S/C22H15Br2N3O3/c23-14-9-13(21(29)17(24)10-14)11-25-26-20(28)12-27-18-7-3-1-5-15(18)22(30)16-6-2-4-8-19(16)27/h1-11,29H,12H2,(H,26,28)/b25-11-. The third-order valence-corrected chi connectivity index (χ3v) is 5.69. The van der Waals surface area contributed by atoms with Crippen LogP contribution >= 0.6 is 31.9 Å². The summed E-state index contributed by atoms with van der Waals surface area (Å²) in [5, 5.41) is 15.1. The van der Waals surface area contributed by atoms with Crippen molar-refractivity contribution in [2.75, 3.05) is 0 Å². The normalized spacial score (nSPS) is 11.4. The number of halogens is 2. The van der Waals surface area contributed by atoms with Crippen molar-refractivity contribution in [3.63, 3.8) is 0 Å². The molecule has 150 valence electrons. The van der Waals surface area contributed by atoms with E-state index in [4.69, 9.17) is 0 Å². The van der Waals surface area contributed by atoms with Gasteiger partial charge in [-0.25, -0.2) is 5.43 Å². The van der Waals surface area contributed by atoms with Crippen LogP contribution in [0.1, 0.15) is 5.56 Å². The fourth-order valence-electron chi connectivity index (χ4n) is 3.28. The summed E-state index contributed by atoms with van der Waals surface area (Å²) in [6, 6.07) is 17.8. The number of hydrogen-bond acceptors (Lipinski definition) is 4. The number of benzene rings is 3. The molecule has 0 aliphatic heterocycles. The summed E-state index contributed by atoms with van der Waals surface area (Å²) in [7, 11) is 0. The Balaban J connectivity index is 1.65. The number of aromatic nitrogens is 1. The van der Waals surface area contributed by atoms with Crippen molar-refractivity contribution < 1.29 is 9.90 Å². The van der Waals surface area contributed by atoms with Crippen LogP contribution in [-0.2, 0) is 11.3 Å². The highest BCUT2D eigenvalue weighted by Gasteiger charge is 2.12. The number of aromatic hydroxyl groups is 1. The summed E-state index contributed by atoms with van der Waals surface area (Å²) in [6.45, 7) is -0.0210. The highest BCUT2D eigenvalue weighted by Crippen LogP contribution is 2.30. The molecule has 6 nitrogen and oxygen atoms in total. The van der Waals surface area contributed by atoms with Crippen LogP contribution in [-0.4, -0.2) is 21.8 Å². The van der Waals surface area contributed by atoms with Gasteiger partial charge in [0.25, 0.3) is 5.91 Å². The molecule has 3 aromatic carbocycles. The van der Waals surface area contributed by atoms with E-state index in [1.54, 1.807) is 41.0 Å². The summed E-state index contributed by atoms with van der Waals surface area (Å²) in [5.74, 6) is -0.340. The molecule has 4 rings (SSSR count). The maximum absolute atomic E-state index is 12.8. The fourth-order valence-corrected chi connectivity index (χ4v) is 4.54. The van der Waals surface area contributed by atoms with Crippen molar-refractivity contribution in [3.05, 3.63) is 85.4 Å². The third kappa shape index (κ3) is 3.88. The second kappa shape index (κ2) is 8.41. The Morgan fingerprint density at radius 2 is 1.63 bits per heavy atom. The molecule has 1 aromatic heterocycles. The van der Waals surface area contributed by atoms with E-state index in [1.807, 2.05) is 24.3 Å². The Kier molecular flexibility index (Phi) is 5.69. The van der Waals surface area contributed by atoms with Gasteiger partial charge < -0.3 is 9.67 Å². The molecule has 0 aliphatic carbocycles. The zero-order valence-electron chi connectivity index (χ0n) is 15.5. The van der Waals surface area contributed by atoms with Gasteiger partial charge in [0, 0.05) is 20.8 Å². The lowest BCUT2D eigenvalue weighted by molar-refractivity contribution is -0.121. The number of amides is 1. The van der Waals surface area contributed by atoms with Crippen LogP contribution in [0.25, 0.3) is 21.8 Å². The van der Waals surface area contributed by atoms with Gasteiger partial charge in [-0.3, -0.25) is 9.59 Å². The number of nitrogens with one attached hydrogen (secondary N) is 1. The number of phenolic OH excluding ortho intramolecular Hbond substituents is 1. The van der Waals surface area contributed by atoms with Crippen LogP contribution in [0.3, 0.4) is 0 Å². The van der Waals surface area contributed by atoms with E-state index < -0.39 is 0 Å². The van der Waals surface area contributed by atoms with Crippen molar-refractivity contribution in [3.8, 4) is 5.75 Å². The van der Waals surface area contributed by atoms with Gasteiger partial charge in [0.05, 0.1) is 21.7 Å². The molecule has 2 N–H and O–H groups in total. The van der Waals surface area contributed by atoms with Crippen molar-refractivity contribution in [1.29, 1.82) is 0 Å². The zero-order chi connectivity index (χ0) is 21.3. The SMILES string of the molecule is O=C(Cn1c2ccccc2c(=O)c2ccccc21)N/N=C\c1cc(Br)cc(Br)c1O. The first-order valence-electron chi connectivity index (χ1n) is 8.96. The van der Waals surface area contributed by atoms with E-state index in [0.29, 0.717) is 31.8 Å². The average molecular weight is 529 g/mol. The van der Waals surface area contributed by atoms with Crippen molar-refractivity contribution in [1.82, 2.24) is 9.99 Å². The van der Waals surface area contributed by atoms with Crippen LogP contribution in [0, 0.1) is 0 Å². The Morgan fingerprint density at radius 1 is 1.03 bits per heavy atom. The van der Waals surface area contributed by atoms with Gasteiger partial charge in [-0.05, 0) is 52.3 Å². The molecular formula is C22H15Br2N3O3. The minimum absolute atomic E-state index is 0.0210. The second-order valence-corrected chi connectivity index (χ2v) is 8.34. The maximum Gasteiger partial charge on any atom is 0.260 e. The lowest BCUT2D eigenvalue weighted by Gasteiger charge is -2.14. The van der Waals surface area contributed by atoms with Gasteiger partial charge in [0.2, 0.25) is 0 Å². The molecule has 0 fully saturated rings. The van der Waals surface area contributed by atoms with Gasteiger partial charge in [0.15, 0.2) is 5.43 Å². The Labute approximate surface area is 188 Å². The number of rotatable bonds is 4. The highest BCUT2D eigenvalue weighted by atomic mass is 79.9. The van der Waals surface area contributed by atoms with Crippen LogP contribution < -0.4 is 10.9 Å². The molecule has 0 unspecified atom stereocenters. The lowest BCUT2D eigenvalue weighted by Crippen LogP contribution is -2.25. The first-order chi connectivity index (χ1) is 14.5. The van der Waals surface area contributed by atoms with Crippen LogP contribution in [0.4, 0.5) is 0 Å². The molecule has 0 bridgehead atoms. The molecule has 0 spiro atoms. The third-order valence-electron chi connectivity index (χ3n) is 4.63. The topological polar surface area (TPSA) is 83.7 Å². The smallest absolute Gasteiger partial charge is 0.260 e. The van der Waals surface area contributed by atoms with E-state index in [-0.39, 0.29) is 23.6 Å². The van der Waals surface area contributed by atoms with E-state index in [9.17, 15) is 14.7 Å². The Morgan fingerprint density at radius 3 is 2.27 bits per heavy atom. The number of hydrogen-bond donors (Lipinski definition) is 2. The summed E-state index contributed by atoms with van der Waals surface area (Å²) >= 11 is 6.60. The fraction of sp³-hybridized carbons (Fsp3) is 0.0455. The van der Waals surface area contributed by atoms with E-state index in [0.717, 1.165) is 4.47 Å². The quantitative estimate of drug-likeness (QED) is 0.232. The van der Waals surface area contributed by atoms with Crippen LogP contribution in [0.2, 0.25) is 0 Å². The Hall–Kier alpha value is -2.97. The molecule has 0 saturated heterocycles. The van der Waals surface area contributed by atoms with Gasteiger partial charge in [-0.1, -0.05) is 40.2 Å². The highest BCUT2D eigenvalue weighted by molar-refractivity contribution is 9.11. The van der Waals surface area contributed by atoms with Crippen molar-refractivity contribution in [2.24, 2.45) is 5.10 Å². The van der Waals surface area contributed by atoms with Crippen LogP contribution in [0.15, 0.2) is 79.5 Å². The number of phenols is 1. The minimum Gasteiger partial charge on any atom is -0.506 e. The number of carbonyl (C=O) groups is 1. The lowest BCUT2D eigenvalue weighted by atomic mass is 10.1. The number of carbonyl (C=O) groups excluding carboxylic acids is 1. The summed E-state index contributed by atoms with van der Waals surface area (Å²) < 4.78 is 3.06. The first-order valence-corrected chi connectivity index (χ1v) is 10.5. The van der Waals surface area contributed by atoms with Gasteiger partial charge in [-0.15, -0.1) is 0 Å². The minimum atomic E-state index is -0.362. The van der Waals surface area contributed by atoms with Gasteiger partial charge in [0.1, 0.15) is 12.3 Å². The van der Waals surface area contributed by atoms with Crippen LogP contribution in [0.5, 0.6) is 5.75 Å². The largest absolute Gasteiger partial charge is 0.506 e. The number of fused-ring (bicyclic) bond motifs is 2. The number of para-hydroxylation sites is 2. The van der Waals surface area contributed by atoms with Gasteiger partial charge >= 0.3 is 0 Å². The average Bonchev–Trinajstić information content (AvgIpc) is 2.74. The predicted octanol–water partition coefficient (Wildman–Crippen LogP) is 4.54. The zero-order valence-corrected chi connectivity index (χ0v) is 18.6. The maximum atomic E-state index is 12.8. The molecule has 30 heavy (non-hydrogen) atoms. The molecule has 0 atom stereocenters.